The molecule has 0 saturated heterocycles. The third-order valence-corrected chi connectivity index (χ3v) is 3.17. The Labute approximate surface area is 90.9 Å². The van der Waals surface area contributed by atoms with Gasteiger partial charge in [-0.15, -0.1) is 0 Å². The maximum atomic E-state index is 8.93. The van der Waals surface area contributed by atoms with E-state index < -0.39 is 0 Å². The molecule has 0 aliphatic heterocycles. The number of nitriles is 1. The third kappa shape index (κ3) is 2.12. The van der Waals surface area contributed by atoms with Crippen molar-refractivity contribution in [3.63, 3.8) is 0 Å². The summed E-state index contributed by atoms with van der Waals surface area (Å²) in [6.07, 6.45) is 5.18. The predicted octanol–water partition coefficient (Wildman–Crippen LogP) is 3.22. The Balaban J connectivity index is 2.17. The molecule has 1 N–H and O–H groups in total. The van der Waals surface area contributed by atoms with Crippen LogP contribution in [0.2, 0.25) is 0 Å². The SMILES string of the molecule is Cc1c(C#N)cccc1NC1CCCC1. The Morgan fingerprint density at radius 2 is 2.07 bits per heavy atom. The minimum atomic E-state index is 0.609. The van der Waals surface area contributed by atoms with Crippen LogP contribution in [0.15, 0.2) is 18.2 Å². The topological polar surface area (TPSA) is 35.8 Å². The molecule has 0 radical (unpaired) electrons. The highest BCUT2D eigenvalue weighted by Crippen LogP contribution is 2.25. The summed E-state index contributed by atoms with van der Waals surface area (Å²) in [6, 6.07) is 8.71. The van der Waals surface area contributed by atoms with Crippen molar-refractivity contribution in [3.05, 3.63) is 29.3 Å². The summed E-state index contributed by atoms with van der Waals surface area (Å²) in [7, 11) is 0. The molecule has 0 aromatic heterocycles. The molecular weight excluding hydrogens is 184 g/mol. The molecule has 0 amide bonds. The van der Waals surface area contributed by atoms with Crippen molar-refractivity contribution in [3.8, 4) is 6.07 Å². The van der Waals surface area contributed by atoms with E-state index in [1.165, 1.54) is 25.7 Å². The zero-order valence-electron chi connectivity index (χ0n) is 9.09. The van der Waals surface area contributed by atoms with Crippen molar-refractivity contribution in [1.29, 1.82) is 5.26 Å². The summed E-state index contributed by atoms with van der Waals surface area (Å²) in [6.45, 7) is 2.01. The highest BCUT2D eigenvalue weighted by atomic mass is 14.9. The number of anilines is 1. The molecule has 1 fully saturated rings. The highest BCUT2D eigenvalue weighted by Gasteiger charge is 2.15. The van der Waals surface area contributed by atoms with E-state index >= 15 is 0 Å². The molecule has 78 valence electrons. The molecular formula is C13H16N2. The molecule has 0 spiro atoms. The van der Waals surface area contributed by atoms with Crippen molar-refractivity contribution < 1.29 is 0 Å². The lowest BCUT2D eigenvalue weighted by atomic mass is 10.1. The first kappa shape index (κ1) is 10.0. The van der Waals surface area contributed by atoms with Crippen LogP contribution in [0.4, 0.5) is 5.69 Å². The molecule has 0 atom stereocenters. The van der Waals surface area contributed by atoms with E-state index in [1.807, 2.05) is 19.1 Å². The number of benzene rings is 1. The number of hydrogen-bond donors (Lipinski definition) is 1. The van der Waals surface area contributed by atoms with Crippen LogP contribution in [0.5, 0.6) is 0 Å². The largest absolute Gasteiger partial charge is 0.382 e. The van der Waals surface area contributed by atoms with Crippen molar-refractivity contribution in [2.45, 2.75) is 38.6 Å². The van der Waals surface area contributed by atoms with Crippen LogP contribution >= 0.6 is 0 Å². The first-order chi connectivity index (χ1) is 7.31. The van der Waals surface area contributed by atoms with Crippen LogP contribution < -0.4 is 5.32 Å². The fraction of sp³-hybridized carbons (Fsp3) is 0.462. The second-order valence-corrected chi connectivity index (χ2v) is 4.22. The van der Waals surface area contributed by atoms with Crippen molar-refractivity contribution in [2.75, 3.05) is 5.32 Å². The average molecular weight is 200 g/mol. The van der Waals surface area contributed by atoms with Gasteiger partial charge in [-0.2, -0.15) is 5.26 Å². The lowest BCUT2D eigenvalue weighted by Crippen LogP contribution is -2.15. The van der Waals surface area contributed by atoms with E-state index in [9.17, 15) is 0 Å². The molecule has 0 unspecified atom stereocenters. The minimum Gasteiger partial charge on any atom is -0.382 e. The van der Waals surface area contributed by atoms with Crippen LogP contribution in [-0.2, 0) is 0 Å². The van der Waals surface area contributed by atoms with Crippen LogP contribution in [-0.4, -0.2) is 6.04 Å². The second kappa shape index (κ2) is 4.35. The number of rotatable bonds is 2. The smallest absolute Gasteiger partial charge is 0.0995 e. The van der Waals surface area contributed by atoms with Gasteiger partial charge in [0.25, 0.3) is 0 Å². The van der Waals surface area contributed by atoms with E-state index in [4.69, 9.17) is 5.26 Å². The monoisotopic (exact) mass is 200 g/mol. The van der Waals surface area contributed by atoms with Gasteiger partial charge in [0.05, 0.1) is 11.6 Å². The van der Waals surface area contributed by atoms with Gasteiger partial charge < -0.3 is 5.32 Å². The van der Waals surface area contributed by atoms with Crippen molar-refractivity contribution >= 4 is 5.69 Å². The minimum absolute atomic E-state index is 0.609. The van der Waals surface area contributed by atoms with Crippen LogP contribution in [0.3, 0.4) is 0 Å². The molecule has 1 saturated carbocycles. The zero-order chi connectivity index (χ0) is 10.7. The van der Waals surface area contributed by atoms with Crippen LogP contribution in [0.1, 0.15) is 36.8 Å². The molecule has 1 aliphatic rings. The fourth-order valence-electron chi connectivity index (χ4n) is 2.20. The molecule has 0 bridgehead atoms. The molecule has 1 aliphatic carbocycles. The molecule has 2 rings (SSSR count). The lowest BCUT2D eigenvalue weighted by molar-refractivity contribution is 0.754. The summed E-state index contributed by atoms with van der Waals surface area (Å²) in [5.41, 5.74) is 2.98. The zero-order valence-corrected chi connectivity index (χ0v) is 9.09. The maximum Gasteiger partial charge on any atom is 0.0995 e. The summed E-state index contributed by atoms with van der Waals surface area (Å²) < 4.78 is 0. The number of nitrogens with one attached hydrogen (secondary N) is 1. The average Bonchev–Trinajstić information content (AvgIpc) is 2.74. The van der Waals surface area contributed by atoms with E-state index in [-0.39, 0.29) is 0 Å². The van der Waals surface area contributed by atoms with Gasteiger partial charge in [-0.1, -0.05) is 18.9 Å². The van der Waals surface area contributed by atoms with Gasteiger partial charge in [0.15, 0.2) is 0 Å². The normalized spacial score (nSPS) is 16.3. The second-order valence-electron chi connectivity index (χ2n) is 4.22. The van der Waals surface area contributed by atoms with Crippen molar-refractivity contribution in [1.82, 2.24) is 0 Å². The quantitative estimate of drug-likeness (QED) is 0.795. The van der Waals surface area contributed by atoms with Gasteiger partial charge in [-0.25, -0.2) is 0 Å². The van der Waals surface area contributed by atoms with E-state index in [1.54, 1.807) is 0 Å². The third-order valence-electron chi connectivity index (χ3n) is 3.17. The Kier molecular flexibility index (Phi) is 2.91. The molecule has 2 heteroatoms. The molecule has 2 nitrogen and oxygen atoms in total. The predicted molar refractivity (Wildman–Crippen MR) is 61.8 cm³/mol. The number of hydrogen-bond acceptors (Lipinski definition) is 2. The Morgan fingerprint density at radius 3 is 2.73 bits per heavy atom. The molecule has 1 aromatic rings. The van der Waals surface area contributed by atoms with Gasteiger partial charge in [0, 0.05) is 11.7 Å². The lowest BCUT2D eigenvalue weighted by Gasteiger charge is -2.16. The molecule has 0 heterocycles. The Bertz CT molecular complexity index is 384. The van der Waals surface area contributed by atoms with E-state index in [2.05, 4.69) is 17.5 Å². The van der Waals surface area contributed by atoms with E-state index in [0.717, 1.165) is 16.8 Å². The summed E-state index contributed by atoms with van der Waals surface area (Å²) in [5, 5.41) is 12.5. The molecule has 1 aromatic carbocycles. The first-order valence-corrected chi connectivity index (χ1v) is 5.57. The number of nitrogens with zero attached hydrogens (tertiary/aromatic N) is 1. The van der Waals surface area contributed by atoms with Gasteiger partial charge in [-0.05, 0) is 37.5 Å². The van der Waals surface area contributed by atoms with Gasteiger partial charge in [-0.3, -0.25) is 0 Å². The summed E-state index contributed by atoms with van der Waals surface area (Å²) in [5.74, 6) is 0. The van der Waals surface area contributed by atoms with Crippen molar-refractivity contribution in [2.24, 2.45) is 0 Å². The Morgan fingerprint density at radius 1 is 1.33 bits per heavy atom. The first-order valence-electron chi connectivity index (χ1n) is 5.57. The van der Waals surface area contributed by atoms with Gasteiger partial charge >= 0.3 is 0 Å². The Hall–Kier alpha value is -1.49. The van der Waals surface area contributed by atoms with Gasteiger partial charge in [0.1, 0.15) is 0 Å². The summed E-state index contributed by atoms with van der Waals surface area (Å²) in [4.78, 5) is 0. The highest BCUT2D eigenvalue weighted by molar-refractivity contribution is 5.57. The fourth-order valence-corrected chi connectivity index (χ4v) is 2.20. The summed E-state index contributed by atoms with van der Waals surface area (Å²) >= 11 is 0. The van der Waals surface area contributed by atoms with Crippen LogP contribution in [0, 0.1) is 18.3 Å². The van der Waals surface area contributed by atoms with E-state index in [0.29, 0.717) is 6.04 Å². The van der Waals surface area contributed by atoms with Crippen LogP contribution in [0.25, 0.3) is 0 Å². The molecule has 15 heavy (non-hydrogen) atoms. The standard InChI is InChI=1S/C13H16N2/c1-10-11(9-14)5-4-8-13(10)15-12-6-2-3-7-12/h4-5,8,12,15H,2-3,6-7H2,1H3. The maximum absolute atomic E-state index is 8.93. The van der Waals surface area contributed by atoms with Gasteiger partial charge in [0.2, 0.25) is 0 Å².